The Morgan fingerprint density at radius 2 is 2.19 bits per heavy atom. The number of amides is 1. The average molecular weight is 291 g/mol. The van der Waals surface area contributed by atoms with Crippen LogP contribution in [0.5, 0.6) is 0 Å². The summed E-state index contributed by atoms with van der Waals surface area (Å²) >= 11 is 0. The average Bonchev–Trinajstić information content (AvgIpc) is 2.83. The third kappa shape index (κ3) is 4.28. The van der Waals surface area contributed by atoms with Gasteiger partial charge >= 0.3 is 0 Å². The van der Waals surface area contributed by atoms with Gasteiger partial charge in [0.15, 0.2) is 0 Å². The van der Waals surface area contributed by atoms with Crippen molar-refractivity contribution in [2.24, 2.45) is 0 Å². The predicted octanol–water partition coefficient (Wildman–Crippen LogP) is 0.288. The lowest BCUT2D eigenvalue weighted by Crippen LogP contribution is -2.31. The van der Waals surface area contributed by atoms with E-state index >= 15 is 0 Å². The summed E-state index contributed by atoms with van der Waals surface area (Å²) in [6, 6.07) is 5.22. The summed E-state index contributed by atoms with van der Waals surface area (Å²) in [5.74, 6) is -0.118. The minimum Gasteiger partial charge on any atom is -0.399 e. The number of hydrogen-bond donors (Lipinski definition) is 4. The highest BCUT2D eigenvalue weighted by atomic mass is 16.3. The second-order valence-electron chi connectivity index (χ2n) is 4.95. The summed E-state index contributed by atoms with van der Waals surface area (Å²) in [5.41, 5.74) is 7.68. The number of nitrogen functional groups attached to an aromatic ring is 1. The third-order valence-electron chi connectivity index (χ3n) is 3.03. The molecule has 0 aliphatic carbocycles. The van der Waals surface area contributed by atoms with Gasteiger partial charge in [0, 0.05) is 31.7 Å². The van der Waals surface area contributed by atoms with Crippen molar-refractivity contribution >= 4 is 23.0 Å². The molecular formula is C14H21N5O2. The van der Waals surface area contributed by atoms with Gasteiger partial charge in [-0.25, -0.2) is 0 Å². The topological polar surface area (TPSA) is 93.9 Å². The van der Waals surface area contributed by atoms with Crippen molar-refractivity contribution in [3.05, 3.63) is 30.6 Å². The van der Waals surface area contributed by atoms with Crippen LogP contribution in [0.25, 0.3) is 0 Å². The van der Waals surface area contributed by atoms with Crippen molar-refractivity contribution in [2.75, 3.05) is 49.8 Å². The second-order valence-corrected chi connectivity index (χ2v) is 4.95. The monoisotopic (exact) mass is 291 g/mol. The van der Waals surface area contributed by atoms with Crippen LogP contribution in [0.3, 0.4) is 0 Å². The molecule has 5 N–H and O–H groups in total. The van der Waals surface area contributed by atoms with Gasteiger partial charge in [0.1, 0.15) is 0 Å². The number of carbonyl (C=O) groups is 1. The Morgan fingerprint density at radius 1 is 1.38 bits per heavy atom. The molecule has 1 aliphatic rings. The zero-order valence-electron chi connectivity index (χ0n) is 12.0. The molecule has 0 bridgehead atoms. The Balaban J connectivity index is 1.98. The Morgan fingerprint density at radius 3 is 2.86 bits per heavy atom. The van der Waals surface area contributed by atoms with E-state index in [1.165, 1.54) is 0 Å². The summed E-state index contributed by atoms with van der Waals surface area (Å²) < 4.78 is 0. The van der Waals surface area contributed by atoms with Crippen molar-refractivity contribution in [3.63, 3.8) is 0 Å². The van der Waals surface area contributed by atoms with E-state index in [0.29, 0.717) is 24.6 Å². The van der Waals surface area contributed by atoms with Gasteiger partial charge in [0.05, 0.1) is 31.2 Å². The Hall–Kier alpha value is -2.41. The van der Waals surface area contributed by atoms with Crippen LogP contribution in [-0.4, -0.2) is 54.2 Å². The summed E-state index contributed by atoms with van der Waals surface area (Å²) in [4.78, 5) is 16.0. The van der Waals surface area contributed by atoms with E-state index in [9.17, 15) is 4.79 Å². The van der Waals surface area contributed by atoms with Gasteiger partial charge in [-0.15, -0.1) is 0 Å². The highest BCUT2D eigenvalue weighted by Gasteiger charge is 2.14. The molecule has 0 spiro atoms. The minimum atomic E-state index is -0.118. The number of aliphatic hydroxyl groups is 1. The van der Waals surface area contributed by atoms with Crippen LogP contribution in [0, 0.1) is 0 Å². The minimum absolute atomic E-state index is 0.0165. The number of aliphatic hydroxyl groups excluding tert-OH is 1. The predicted molar refractivity (Wildman–Crippen MR) is 83.5 cm³/mol. The molecule has 2 rings (SSSR count). The van der Waals surface area contributed by atoms with Gasteiger partial charge in [-0.2, -0.15) is 0 Å². The first kappa shape index (κ1) is 15.0. The van der Waals surface area contributed by atoms with Crippen LogP contribution in [0.15, 0.2) is 30.6 Å². The molecule has 0 aromatic heterocycles. The summed E-state index contributed by atoms with van der Waals surface area (Å²) in [7, 11) is 1.95. The van der Waals surface area contributed by atoms with Gasteiger partial charge in [-0.1, -0.05) is 0 Å². The van der Waals surface area contributed by atoms with E-state index in [2.05, 4.69) is 10.6 Å². The van der Waals surface area contributed by atoms with Gasteiger partial charge < -0.3 is 31.3 Å². The smallest absolute Gasteiger partial charge is 0.244 e. The quantitative estimate of drug-likeness (QED) is 0.563. The largest absolute Gasteiger partial charge is 0.399 e. The molecule has 0 saturated heterocycles. The number of nitrogens with one attached hydrogen (secondary N) is 2. The Labute approximate surface area is 124 Å². The molecule has 21 heavy (non-hydrogen) atoms. The molecule has 7 heteroatoms. The van der Waals surface area contributed by atoms with E-state index in [4.69, 9.17) is 10.8 Å². The highest BCUT2D eigenvalue weighted by molar-refractivity contribution is 5.96. The lowest BCUT2D eigenvalue weighted by molar-refractivity contribution is -0.116. The molecule has 1 amide bonds. The molecule has 0 atom stereocenters. The van der Waals surface area contributed by atoms with Crippen LogP contribution in [0.2, 0.25) is 0 Å². The van der Waals surface area contributed by atoms with Crippen molar-refractivity contribution < 1.29 is 9.90 Å². The fourth-order valence-electron chi connectivity index (χ4n) is 2.08. The number of nitrogens with two attached hydrogens (primary N) is 1. The molecular weight excluding hydrogens is 270 g/mol. The standard InChI is InChI=1S/C14H21N5O2/c1-18-5-6-19(10-18)9-14(21)17-13-8-11(15)2-3-12(13)16-4-7-20/h2-3,5-6,8,16,20H,4,7,9-10,15H2,1H3,(H,17,21). The summed E-state index contributed by atoms with van der Waals surface area (Å²) in [6.07, 6.45) is 3.80. The number of hydrogen-bond acceptors (Lipinski definition) is 6. The fourth-order valence-corrected chi connectivity index (χ4v) is 2.08. The maximum Gasteiger partial charge on any atom is 0.244 e. The van der Waals surface area contributed by atoms with Gasteiger partial charge in [-0.05, 0) is 18.2 Å². The fraction of sp³-hybridized carbons (Fsp3) is 0.357. The van der Waals surface area contributed by atoms with E-state index in [1.807, 2.05) is 29.2 Å². The lowest BCUT2D eigenvalue weighted by atomic mass is 10.2. The molecule has 1 aliphatic heterocycles. The Bertz CT molecular complexity index is 532. The van der Waals surface area contributed by atoms with Gasteiger partial charge in [0.2, 0.25) is 5.91 Å². The van der Waals surface area contributed by atoms with Crippen LogP contribution in [-0.2, 0) is 4.79 Å². The van der Waals surface area contributed by atoms with Crippen LogP contribution in [0.4, 0.5) is 17.1 Å². The molecule has 0 radical (unpaired) electrons. The molecule has 7 nitrogen and oxygen atoms in total. The highest BCUT2D eigenvalue weighted by Crippen LogP contribution is 2.24. The molecule has 0 unspecified atom stereocenters. The zero-order valence-corrected chi connectivity index (χ0v) is 12.0. The van der Waals surface area contributed by atoms with Gasteiger partial charge in [-0.3, -0.25) is 4.79 Å². The molecule has 114 valence electrons. The van der Waals surface area contributed by atoms with Crippen molar-refractivity contribution in [1.29, 1.82) is 0 Å². The summed E-state index contributed by atoms with van der Waals surface area (Å²) in [6.45, 7) is 1.39. The van der Waals surface area contributed by atoms with Crippen molar-refractivity contribution in [1.82, 2.24) is 9.80 Å². The van der Waals surface area contributed by atoms with Crippen molar-refractivity contribution in [3.8, 4) is 0 Å². The molecule has 0 saturated carbocycles. The molecule has 1 heterocycles. The number of anilines is 3. The van der Waals surface area contributed by atoms with Gasteiger partial charge in [0.25, 0.3) is 0 Å². The second kappa shape index (κ2) is 6.85. The van der Waals surface area contributed by atoms with E-state index in [1.54, 1.807) is 18.2 Å². The number of benzene rings is 1. The van der Waals surface area contributed by atoms with Crippen LogP contribution >= 0.6 is 0 Å². The normalized spacial score (nSPS) is 13.6. The number of carbonyl (C=O) groups excluding carboxylic acids is 1. The number of rotatable bonds is 6. The summed E-state index contributed by atoms with van der Waals surface area (Å²) in [5, 5.41) is 14.8. The first-order chi connectivity index (χ1) is 10.1. The third-order valence-corrected chi connectivity index (χ3v) is 3.03. The van der Waals surface area contributed by atoms with E-state index in [-0.39, 0.29) is 19.1 Å². The first-order valence-corrected chi connectivity index (χ1v) is 6.75. The molecule has 1 aromatic rings. The van der Waals surface area contributed by atoms with Crippen LogP contribution in [0.1, 0.15) is 0 Å². The van der Waals surface area contributed by atoms with Crippen molar-refractivity contribution in [2.45, 2.75) is 0 Å². The molecule has 1 aromatic carbocycles. The Kier molecular flexibility index (Phi) is 4.89. The first-order valence-electron chi connectivity index (χ1n) is 6.75. The van der Waals surface area contributed by atoms with E-state index in [0.717, 1.165) is 5.69 Å². The maximum absolute atomic E-state index is 12.1. The van der Waals surface area contributed by atoms with E-state index < -0.39 is 0 Å². The molecule has 0 fully saturated rings. The number of nitrogens with zero attached hydrogens (tertiary/aromatic N) is 2. The maximum atomic E-state index is 12.1. The van der Waals surface area contributed by atoms with Crippen LogP contribution < -0.4 is 16.4 Å². The zero-order chi connectivity index (χ0) is 15.2. The SMILES string of the molecule is CN1C=CN(CC(=O)Nc2cc(N)ccc2NCCO)C1. The lowest BCUT2D eigenvalue weighted by Gasteiger charge is -2.18.